The van der Waals surface area contributed by atoms with Gasteiger partial charge in [0.25, 0.3) is 11.6 Å². The molecule has 7 nitrogen and oxygen atoms in total. The third kappa shape index (κ3) is 3.84. The predicted molar refractivity (Wildman–Crippen MR) is 111 cm³/mol. The molecule has 4 aromatic rings. The van der Waals surface area contributed by atoms with E-state index in [9.17, 15) is 9.59 Å². The van der Waals surface area contributed by atoms with Crippen LogP contribution in [0.2, 0.25) is 0 Å². The number of nitrogens with zero attached hydrogens (tertiary/aromatic N) is 2. The van der Waals surface area contributed by atoms with E-state index in [1.807, 2.05) is 30.3 Å². The minimum atomic E-state index is -0.298. The van der Waals surface area contributed by atoms with Gasteiger partial charge in [-0.15, -0.1) is 0 Å². The minimum Gasteiger partial charge on any atom is -0.335 e. The van der Waals surface area contributed by atoms with Crippen molar-refractivity contribution in [3.05, 3.63) is 71.9 Å². The lowest BCUT2D eigenvalue weighted by Gasteiger charge is -2.09. The van der Waals surface area contributed by atoms with Crippen LogP contribution in [0.1, 0.15) is 23.0 Å². The number of anilines is 2. The first kappa shape index (κ1) is 18.4. The molecule has 0 radical (unpaired) electrons. The second-order valence-electron chi connectivity index (χ2n) is 6.58. The third-order valence-corrected chi connectivity index (χ3v) is 4.39. The maximum atomic E-state index is 13.0. The molecular formula is C22H18N4O3. The number of carbonyl (C=O) groups is 2. The van der Waals surface area contributed by atoms with Gasteiger partial charge in [0, 0.05) is 23.9 Å². The first-order valence-electron chi connectivity index (χ1n) is 9.03. The second kappa shape index (κ2) is 7.55. The maximum absolute atomic E-state index is 13.0. The Morgan fingerprint density at radius 1 is 0.931 bits per heavy atom. The van der Waals surface area contributed by atoms with E-state index in [1.54, 1.807) is 37.3 Å². The zero-order valence-corrected chi connectivity index (χ0v) is 15.9. The Morgan fingerprint density at radius 3 is 2.24 bits per heavy atom. The van der Waals surface area contributed by atoms with Gasteiger partial charge >= 0.3 is 0 Å². The molecule has 0 unspecified atom stereocenters. The summed E-state index contributed by atoms with van der Waals surface area (Å²) in [4.78, 5) is 28.7. The minimum absolute atomic E-state index is 0.155. The first-order valence-corrected chi connectivity index (χ1v) is 9.03. The molecule has 2 N–H and O–H groups in total. The Hall–Kier alpha value is -4.00. The summed E-state index contributed by atoms with van der Waals surface area (Å²) in [6.07, 6.45) is 0. The molecule has 2 aromatic carbocycles. The van der Waals surface area contributed by atoms with Crippen LogP contribution >= 0.6 is 0 Å². The van der Waals surface area contributed by atoms with Crippen LogP contribution in [-0.2, 0) is 4.79 Å². The lowest BCUT2D eigenvalue weighted by atomic mass is 10.0. The van der Waals surface area contributed by atoms with Crippen molar-refractivity contribution in [1.29, 1.82) is 0 Å². The molecule has 0 aliphatic carbocycles. The maximum Gasteiger partial charge on any atom is 0.259 e. The van der Waals surface area contributed by atoms with E-state index >= 15 is 0 Å². The number of amides is 2. The normalized spacial score (nSPS) is 10.7. The van der Waals surface area contributed by atoms with Crippen molar-refractivity contribution >= 4 is 34.3 Å². The van der Waals surface area contributed by atoms with E-state index < -0.39 is 0 Å². The van der Waals surface area contributed by atoms with Gasteiger partial charge in [-0.1, -0.05) is 35.5 Å². The summed E-state index contributed by atoms with van der Waals surface area (Å²) in [7, 11) is 0. The topological polar surface area (TPSA) is 97.1 Å². The molecule has 144 valence electrons. The first-order chi connectivity index (χ1) is 14.0. The molecule has 0 aliphatic heterocycles. The summed E-state index contributed by atoms with van der Waals surface area (Å²) in [5, 5.41) is 10.1. The van der Waals surface area contributed by atoms with E-state index in [4.69, 9.17) is 4.52 Å². The van der Waals surface area contributed by atoms with Crippen molar-refractivity contribution < 1.29 is 14.1 Å². The van der Waals surface area contributed by atoms with Gasteiger partial charge < -0.3 is 15.2 Å². The summed E-state index contributed by atoms with van der Waals surface area (Å²) < 4.78 is 5.32. The molecule has 0 bridgehead atoms. The molecule has 0 saturated heterocycles. The SMILES string of the molecule is CC(=O)Nc1ccc(NC(=O)c2cc(-c3ccccc3)nc3onc(C)c23)cc1. The van der Waals surface area contributed by atoms with Crippen LogP contribution in [0, 0.1) is 6.92 Å². The van der Waals surface area contributed by atoms with Crippen molar-refractivity contribution in [2.45, 2.75) is 13.8 Å². The van der Waals surface area contributed by atoms with Gasteiger partial charge in [-0.25, -0.2) is 4.98 Å². The number of benzene rings is 2. The molecule has 0 atom stereocenters. The summed E-state index contributed by atoms with van der Waals surface area (Å²) >= 11 is 0. The van der Waals surface area contributed by atoms with Crippen molar-refractivity contribution in [2.24, 2.45) is 0 Å². The van der Waals surface area contributed by atoms with Crippen LogP contribution in [0.5, 0.6) is 0 Å². The highest BCUT2D eigenvalue weighted by molar-refractivity contribution is 6.13. The van der Waals surface area contributed by atoms with E-state index in [2.05, 4.69) is 20.8 Å². The van der Waals surface area contributed by atoms with Crippen LogP contribution < -0.4 is 10.6 Å². The summed E-state index contributed by atoms with van der Waals surface area (Å²) in [6.45, 7) is 3.21. The Morgan fingerprint density at radius 2 is 1.59 bits per heavy atom. The fourth-order valence-electron chi connectivity index (χ4n) is 3.07. The molecule has 2 amide bonds. The fraction of sp³-hybridized carbons (Fsp3) is 0.0909. The summed E-state index contributed by atoms with van der Waals surface area (Å²) in [6, 6.07) is 18.2. The highest BCUT2D eigenvalue weighted by Crippen LogP contribution is 2.27. The van der Waals surface area contributed by atoms with Crippen molar-refractivity contribution in [3.8, 4) is 11.3 Å². The molecule has 0 spiro atoms. The van der Waals surface area contributed by atoms with Crippen LogP contribution in [-0.4, -0.2) is 22.0 Å². The monoisotopic (exact) mass is 386 g/mol. The van der Waals surface area contributed by atoms with Crippen molar-refractivity contribution in [3.63, 3.8) is 0 Å². The third-order valence-electron chi connectivity index (χ3n) is 4.39. The molecule has 2 aromatic heterocycles. The molecule has 4 rings (SSSR count). The average molecular weight is 386 g/mol. The quantitative estimate of drug-likeness (QED) is 0.541. The van der Waals surface area contributed by atoms with E-state index in [0.29, 0.717) is 39.4 Å². The van der Waals surface area contributed by atoms with Crippen LogP contribution in [0.25, 0.3) is 22.4 Å². The lowest BCUT2D eigenvalue weighted by molar-refractivity contribution is -0.114. The summed E-state index contributed by atoms with van der Waals surface area (Å²) in [5.41, 5.74) is 4.09. The van der Waals surface area contributed by atoms with Gasteiger partial charge in [0.2, 0.25) is 5.91 Å². The number of carbonyl (C=O) groups excluding carboxylic acids is 2. The van der Waals surface area contributed by atoms with Crippen molar-refractivity contribution in [2.75, 3.05) is 10.6 Å². The number of rotatable bonds is 4. The smallest absolute Gasteiger partial charge is 0.259 e. The Labute approximate surface area is 166 Å². The number of aryl methyl sites for hydroxylation is 1. The predicted octanol–water partition coefficient (Wildman–Crippen LogP) is 4.41. The van der Waals surface area contributed by atoms with E-state index in [1.165, 1.54) is 6.92 Å². The number of hydrogen-bond donors (Lipinski definition) is 2. The molecule has 2 heterocycles. The van der Waals surface area contributed by atoms with Gasteiger partial charge in [0.15, 0.2) is 0 Å². The fourth-order valence-corrected chi connectivity index (χ4v) is 3.07. The molecule has 29 heavy (non-hydrogen) atoms. The Bertz CT molecular complexity index is 1200. The number of nitrogens with one attached hydrogen (secondary N) is 2. The van der Waals surface area contributed by atoms with Gasteiger partial charge in [0.1, 0.15) is 0 Å². The van der Waals surface area contributed by atoms with Crippen LogP contribution in [0.15, 0.2) is 65.2 Å². The second-order valence-corrected chi connectivity index (χ2v) is 6.58. The summed E-state index contributed by atoms with van der Waals surface area (Å²) in [5.74, 6) is -0.453. The van der Waals surface area contributed by atoms with Crippen LogP contribution in [0.3, 0.4) is 0 Å². The number of aromatic nitrogens is 2. The molecular weight excluding hydrogens is 368 g/mol. The molecule has 0 fully saturated rings. The highest BCUT2D eigenvalue weighted by atomic mass is 16.5. The van der Waals surface area contributed by atoms with Crippen LogP contribution in [0.4, 0.5) is 11.4 Å². The number of hydrogen-bond acceptors (Lipinski definition) is 5. The van der Waals surface area contributed by atoms with Gasteiger partial charge in [0.05, 0.1) is 22.3 Å². The van der Waals surface area contributed by atoms with E-state index in [-0.39, 0.29) is 11.8 Å². The number of fused-ring (bicyclic) bond motifs is 1. The van der Waals surface area contributed by atoms with Gasteiger partial charge in [-0.05, 0) is 37.3 Å². The Balaban J connectivity index is 1.69. The van der Waals surface area contributed by atoms with Crippen molar-refractivity contribution in [1.82, 2.24) is 10.1 Å². The zero-order chi connectivity index (χ0) is 20.4. The zero-order valence-electron chi connectivity index (χ0n) is 15.9. The van der Waals surface area contributed by atoms with Gasteiger partial charge in [-0.3, -0.25) is 9.59 Å². The lowest BCUT2D eigenvalue weighted by Crippen LogP contribution is -2.13. The average Bonchev–Trinajstić information content (AvgIpc) is 3.10. The van der Waals surface area contributed by atoms with E-state index in [0.717, 1.165) is 5.56 Å². The highest BCUT2D eigenvalue weighted by Gasteiger charge is 2.19. The number of pyridine rings is 1. The molecule has 0 saturated carbocycles. The van der Waals surface area contributed by atoms with Gasteiger partial charge in [-0.2, -0.15) is 0 Å². The molecule has 7 heteroatoms. The molecule has 0 aliphatic rings. The Kier molecular flexibility index (Phi) is 4.78. The largest absolute Gasteiger partial charge is 0.335 e. The standard InChI is InChI=1S/C22H18N4O3/c1-13-20-18(21(28)24-17-10-8-16(9-11-17)23-14(2)27)12-19(25-22(20)29-26-13)15-6-4-3-5-7-15/h3-12H,1-2H3,(H,23,27)(H,24,28).